The van der Waals surface area contributed by atoms with Gasteiger partial charge in [0.2, 0.25) is 0 Å². The van der Waals surface area contributed by atoms with Gasteiger partial charge in [0.1, 0.15) is 36.4 Å². The van der Waals surface area contributed by atoms with Gasteiger partial charge >= 0.3 is 0 Å². The van der Waals surface area contributed by atoms with Crippen LogP contribution in [-0.2, 0) is 11.3 Å². The van der Waals surface area contributed by atoms with Gasteiger partial charge in [-0.2, -0.15) is 5.26 Å². The smallest absolute Gasteiger partial charge is 0.262 e. The van der Waals surface area contributed by atoms with Gasteiger partial charge in [-0.3, -0.25) is 4.79 Å². The molecule has 1 amide bonds. The van der Waals surface area contributed by atoms with E-state index in [0.717, 1.165) is 16.9 Å². The summed E-state index contributed by atoms with van der Waals surface area (Å²) in [5.41, 5.74) is 2.75. The standard InChI is InChI=1S/C26H26N2O5/c1-18-6-4-7-19(2)25(18)33-13-12-32-23-10-9-20(15-24(23)30-3)14-21(16-27)26(29)28-17-22-8-5-11-31-22/h4-11,14-15H,12-13,17H2,1-3H3,(H,28,29)/b21-14+. The molecule has 1 heterocycles. The zero-order valence-corrected chi connectivity index (χ0v) is 18.9. The molecule has 0 atom stereocenters. The number of nitrogens with zero attached hydrogens (tertiary/aromatic N) is 1. The highest BCUT2D eigenvalue weighted by Crippen LogP contribution is 2.29. The molecular formula is C26H26N2O5. The van der Waals surface area contributed by atoms with Crippen LogP contribution in [0, 0.1) is 25.2 Å². The third-order valence-electron chi connectivity index (χ3n) is 4.86. The molecule has 0 aliphatic carbocycles. The van der Waals surface area contributed by atoms with E-state index in [1.165, 1.54) is 19.4 Å². The molecule has 2 aromatic carbocycles. The number of carbonyl (C=O) groups excluding carboxylic acids is 1. The Labute approximate surface area is 193 Å². The second-order valence-electron chi connectivity index (χ2n) is 7.26. The van der Waals surface area contributed by atoms with Gasteiger partial charge in [-0.1, -0.05) is 24.3 Å². The molecular weight excluding hydrogens is 420 g/mol. The molecule has 0 saturated heterocycles. The summed E-state index contributed by atoms with van der Waals surface area (Å²) in [6.07, 6.45) is 3.02. The number of furan rings is 1. The number of methoxy groups -OCH3 is 1. The van der Waals surface area contributed by atoms with E-state index in [0.29, 0.717) is 36.0 Å². The van der Waals surface area contributed by atoms with E-state index in [-0.39, 0.29) is 12.1 Å². The number of carbonyl (C=O) groups is 1. The van der Waals surface area contributed by atoms with Crippen LogP contribution in [0.3, 0.4) is 0 Å². The van der Waals surface area contributed by atoms with Gasteiger partial charge in [0.15, 0.2) is 11.5 Å². The van der Waals surface area contributed by atoms with Crippen LogP contribution in [0.15, 0.2) is 64.8 Å². The molecule has 0 aliphatic rings. The summed E-state index contributed by atoms with van der Waals surface area (Å²) in [5, 5.41) is 12.1. The summed E-state index contributed by atoms with van der Waals surface area (Å²) >= 11 is 0. The molecule has 1 N–H and O–H groups in total. The Morgan fingerprint density at radius 1 is 1.06 bits per heavy atom. The average Bonchev–Trinajstić information content (AvgIpc) is 3.34. The molecule has 0 saturated carbocycles. The third kappa shape index (κ3) is 6.40. The summed E-state index contributed by atoms with van der Waals surface area (Å²) in [7, 11) is 1.53. The van der Waals surface area contributed by atoms with Crippen LogP contribution in [0.5, 0.6) is 17.2 Å². The van der Waals surface area contributed by atoms with Crippen molar-refractivity contribution in [3.63, 3.8) is 0 Å². The normalized spacial score (nSPS) is 10.9. The molecule has 7 nitrogen and oxygen atoms in total. The van der Waals surface area contributed by atoms with Crippen molar-refractivity contribution in [3.8, 4) is 23.3 Å². The summed E-state index contributed by atoms with van der Waals surface area (Å²) in [6.45, 7) is 4.92. The second-order valence-corrected chi connectivity index (χ2v) is 7.26. The van der Waals surface area contributed by atoms with E-state index in [9.17, 15) is 10.1 Å². The van der Waals surface area contributed by atoms with Crippen molar-refractivity contribution in [2.24, 2.45) is 0 Å². The maximum atomic E-state index is 12.3. The average molecular weight is 447 g/mol. The lowest BCUT2D eigenvalue weighted by Gasteiger charge is -2.14. The highest BCUT2D eigenvalue weighted by molar-refractivity contribution is 6.01. The maximum absolute atomic E-state index is 12.3. The van der Waals surface area contributed by atoms with Crippen LogP contribution >= 0.6 is 0 Å². The number of benzene rings is 2. The van der Waals surface area contributed by atoms with Crippen molar-refractivity contribution in [2.75, 3.05) is 20.3 Å². The maximum Gasteiger partial charge on any atom is 0.262 e. The topological polar surface area (TPSA) is 93.7 Å². The Kier molecular flexibility index (Phi) is 8.14. The fraction of sp³-hybridized carbons (Fsp3) is 0.231. The number of aryl methyl sites for hydroxylation is 2. The van der Waals surface area contributed by atoms with Crippen molar-refractivity contribution in [1.29, 1.82) is 5.26 Å². The Bertz CT molecular complexity index is 1140. The zero-order valence-electron chi connectivity index (χ0n) is 18.9. The minimum absolute atomic E-state index is 0.0284. The highest BCUT2D eigenvalue weighted by Gasteiger charge is 2.11. The molecule has 3 rings (SSSR count). The first-order valence-corrected chi connectivity index (χ1v) is 10.4. The number of nitrogens with one attached hydrogen (secondary N) is 1. The Hall–Kier alpha value is -4.18. The van der Waals surface area contributed by atoms with Crippen LogP contribution in [0.4, 0.5) is 0 Å². The van der Waals surface area contributed by atoms with Crippen molar-refractivity contribution >= 4 is 12.0 Å². The lowest BCUT2D eigenvalue weighted by Crippen LogP contribution is -2.23. The fourth-order valence-corrected chi connectivity index (χ4v) is 3.21. The SMILES string of the molecule is COc1cc(/C=C(\C#N)C(=O)NCc2ccco2)ccc1OCCOc1c(C)cccc1C. The second kappa shape index (κ2) is 11.4. The number of ether oxygens (including phenoxy) is 3. The molecule has 0 aliphatic heterocycles. The first-order valence-electron chi connectivity index (χ1n) is 10.4. The van der Waals surface area contributed by atoms with E-state index < -0.39 is 5.91 Å². The molecule has 0 spiro atoms. The van der Waals surface area contributed by atoms with E-state index in [2.05, 4.69) is 5.32 Å². The van der Waals surface area contributed by atoms with Crippen LogP contribution in [0.25, 0.3) is 6.08 Å². The number of rotatable bonds is 10. The number of hydrogen-bond donors (Lipinski definition) is 1. The van der Waals surface area contributed by atoms with Crippen molar-refractivity contribution < 1.29 is 23.4 Å². The van der Waals surface area contributed by atoms with Crippen molar-refractivity contribution in [1.82, 2.24) is 5.32 Å². The largest absolute Gasteiger partial charge is 0.493 e. The fourth-order valence-electron chi connectivity index (χ4n) is 3.21. The van der Waals surface area contributed by atoms with Gasteiger partial charge < -0.3 is 23.9 Å². The molecule has 0 fully saturated rings. The van der Waals surface area contributed by atoms with Crippen LogP contribution in [-0.4, -0.2) is 26.2 Å². The van der Waals surface area contributed by atoms with E-state index >= 15 is 0 Å². The number of nitriles is 1. The Morgan fingerprint density at radius 3 is 2.48 bits per heavy atom. The van der Waals surface area contributed by atoms with Gasteiger partial charge in [-0.15, -0.1) is 0 Å². The molecule has 33 heavy (non-hydrogen) atoms. The van der Waals surface area contributed by atoms with E-state index in [1.54, 1.807) is 30.3 Å². The quantitative estimate of drug-likeness (QED) is 0.278. The summed E-state index contributed by atoms with van der Waals surface area (Å²) in [5.74, 6) is 2.01. The Balaban J connectivity index is 1.60. The molecule has 0 unspecified atom stereocenters. The van der Waals surface area contributed by atoms with Crippen molar-refractivity contribution in [2.45, 2.75) is 20.4 Å². The first-order chi connectivity index (χ1) is 16.0. The number of para-hydroxylation sites is 1. The predicted octanol–water partition coefficient (Wildman–Crippen LogP) is 4.59. The van der Waals surface area contributed by atoms with Gasteiger partial charge in [0.05, 0.1) is 19.9 Å². The van der Waals surface area contributed by atoms with Crippen molar-refractivity contribution in [3.05, 3.63) is 82.8 Å². The Morgan fingerprint density at radius 2 is 1.82 bits per heavy atom. The minimum atomic E-state index is -0.489. The monoisotopic (exact) mass is 446 g/mol. The van der Waals surface area contributed by atoms with Gasteiger partial charge in [-0.05, 0) is 60.9 Å². The molecule has 170 valence electrons. The summed E-state index contributed by atoms with van der Waals surface area (Å²) in [4.78, 5) is 12.3. The lowest BCUT2D eigenvalue weighted by molar-refractivity contribution is -0.117. The molecule has 1 aromatic heterocycles. The van der Waals surface area contributed by atoms with E-state index in [4.69, 9.17) is 18.6 Å². The van der Waals surface area contributed by atoms with Gasteiger partial charge in [-0.25, -0.2) is 0 Å². The predicted molar refractivity (Wildman–Crippen MR) is 124 cm³/mol. The van der Waals surface area contributed by atoms with Crippen LogP contribution in [0.2, 0.25) is 0 Å². The van der Waals surface area contributed by atoms with Gasteiger partial charge in [0, 0.05) is 0 Å². The highest BCUT2D eigenvalue weighted by atomic mass is 16.5. The molecule has 0 radical (unpaired) electrons. The van der Waals surface area contributed by atoms with E-state index in [1.807, 2.05) is 38.1 Å². The molecule has 7 heteroatoms. The molecule has 3 aromatic rings. The lowest BCUT2D eigenvalue weighted by atomic mass is 10.1. The zero-order chi connectivity index (χ0) is 23.6. The molecule has 0 bridgehead atoms. The van der Waals surface area contributed by atoms with Crippen LogP contribution in [0.1, 0.15) is 22.5 Å². The number of amides is 1. The van der Waals surface area contributed by atoms with Crippen LogP contribution < -0.4 is 19.5 Å². The number of hydrogen-bond acceptors (Lipinski definition) is 6. The summed E-state index contributed by atoms with van der Waals surface area (Å²) in [6, 6.07) is 16.6. The minimum Gasteiger partial charge on any atom is -0.493 e. The third-order valence-corrected chi connectivity index (χ3v) is 4.86. The summed E-state index contributed by atoms with van der Waals surface area (Å²) < 4.78 is 22.3. The van der Waals surface area contributed by atoms with Gasteiger partial charge in [0.25, 0.3) is 5.91 Å². The first kappa shape index (κ1) is 23.5.